The lowest BCUT2D eigenvalue weighted by Crippen LogP contribution is -2.08. The maximum absolute atomic E-state index is 12.0. The molecule has 0 heterocycles. The predicted octanol–water partition coefficient (Wildman–Crippen LogP) is 1.57. The van der Waals surface area contributed by atoms with Crippen LogP contribution in [-0.2, 0) is 40.5 Å². The van der Waals surface area contributed by atoms with E-state index in [0.717, 1.165) is 18.2 Å². The summed E-state index contributed by atoms with van der Waals surface area (Å²) in [7, 11) is -20.3. The van der Waals surface area contributed by atoms with Crippen LogP contribution in [0.15, 0.2) is 56.0 Å². The summed E-state index contributed by atoms with van der Waals surface area (Å²) >= 11 is 0. The highest BCUT2D eigenvalue weighted by molar-refractivity contribution is 7.87. The number of benzene rings is 4. The molecular formula is C16H10O12S4. The fourth-order valence-electron chi connectivity index (χ4n) is 3.66. The Kier molecular flexibility index (Phi) is 4.65. The van der Waals surface area contributed by atoms with Crippen molar-refractivity contribution < 1.29 is 51.9 Å². The first-order chi connectivity index (χ1) is 14.4. The highest BCUT2D eigenvalue weighted by atomic mass is 32.2. The molecule has 170 valence electrons. The smallest absolute Gasteiger partial charge is 0.282 e. The molecule has 16 heteroatoms. The van der Waals surface area contributed by atoms with Gasteiger partial charge in [0.2, 0.25) is 0 Å². The Hall–Kier alpha value is -2.44. The van der Waals surface area contributed by atoms with E-state index in [4.69, 9.17) is 0 Å². The molecule has 4 aromatic rings. The van der Waals surface area contributed by atoms with Crippen molar-refractivity contribution in [3.05, 3.63) is 36.4 Å². The van der Waals surface area contributed by atoms with E-state index in [9.17, 15) is 51.9 Å². The van der Waals surface area contributed by atoms with Crippen LogP contribution >= 0.6 is 0 Å². The summed E-state index contributed by atoms with van der Waals surface area (Å²) in [5, 5.41) is -1.88. The Morgan fingerprint density at radius 3 is 1.44 bits per heavy atom. The topological polar surface area (TPSA) is 217 Å². The van der Waals surface area contributed by atoms with Crippen molar-refractivity contribution in [2.45, 2.75) is 19.6 Å². The van der Waals surface area contributed by atoms with Crippen LogP contribution in [0.5, 0.6) is 0 Å². The standard InChI is InChI=1S/C16H10O12S4/c17-29(18,19)8-3-7-1-2-9-13(31(23,24)25)6-14(32(26,27)28)11-5-12(30(20,21)22)10(4-8)15(7)16(9)11/h1-6H,(H,17,18,19)(H,20,21,22)(H,23,24,25)(H,26,27,28). The molecule has 0 fully saturated rings. The van der Waals surface area contributed by atoms with Crippen molar-refractivity contribution in [1.82, 2.24) is 0 Å². The average Bonchev–Trinajstić information content (AvgIpc) is 2.61. The molecule has 4 N–H and O–H groups in total. The minimum absolute atomic E-state index is 0.0908. The first kappa shape index (κ1) is 22.7. The SMILES string of the molecule is O=S(=O)(O)c1cc2ccc3c(S(=O)(=O)O)cc(S(=O)(=O)O)c4cc(S(=O)(=O)O)c(c1)c2c34. The van der Waals surface area contributed by atoms with Gasteiger partial charge in [0.25, 0.3) is 40.5 Å². The Labute approximate surface area is 180 Å². The second-order valence-corrected chi connectivity index (χ2v) is 12.3. The van der Waals surface area contributed by atoms with Crippen LogP contribution in [-0.4, -0.2) is 51.9 Å². The lowest BCUT2D eigenvalue weighted by molar-refractivity contribution is 0.479. The van der Waals surface area contributed by atoms with Crippen molar-refractivity contribution in [2.24, 2.45) is 0 Å². The van der Waals surface area contributed by atoms with Gasteiger partial charge in [0.15, 0.2) is 0 Å². The fraction of sp³-hybridized carbons (Fsp3) is 0. The van der Waals surface area contributed by atoms with Crippen molar-refractivity contribution in [3.63, 3.8) is 0 Å². The monoisotopic (exact) mass is 522 g/mol. The molecule has 0 saturated heterocycles. The van der Waals surface area contributed by atoms with E-state index < -0.39 is 70.8 Å². The van der Waals surface area contributed by atoms with E-state index in [-0.39, 0.29) is 21.5 Å². The van der Waals surface area contributed by atoms with Gasteiger partial charge in [-0.05, 0) is 35.0 Å². The van der Waals surface area contributed by atoms with Gasteiger partial charge in [-0.3, -0.25) is 18.2 Å². The van der Waals surface area contributed by atoms with Gasteiger partial charge in [0.05, 0.1) is 4.90 Å². The molecule has 0 aliphatic carbocycles. The number of rotatable bonds is 4. The third-order valence-corrected chi connectivity index (χ3v) is 8.34. The molecule has 0 radical (unpaired) electrons. The fourth-order valence-corrected chi connectivity index (χ4v) is 6.40. The second kappa shape index (κ2) is 6.55. The van der Waals surface area contributed by atoms with Crippen molar-refractivity contribution in [1.29, 1.82) is 0 Å². The Bertz CT molecular complexity index is 1900. The van der Waals surface area contributed by atoms with E-state index in [1.54, 1.807) is 0 Å². The molecule has 32 heavy (non-hydrogen) atoms. The van der Waals surface area contributed by atoms with Crippen LogP contribution < -0.4 is 0 Å². The van der Waals surface area contributed by atoms with Crippen molar-refractivity contribution >= 4 is 72.8 Å². The average molecular weight is 523 g/mol. The van der Waals surface area contributed by atoms with Gasteiger partial charge < -0.3 is 0 Å². The number of hydrogen-bond donors (Lipinski definition) is 4. The largest absolute Gasteiger partial charge is 0.295 e. The van der Waals surface area contributed by atoms with Gasteiger partial charge in [-0.1, -0.05) is 12.1 Å². The summed E-state index contributed by atoms with van der Waals surface area (Å²) in [6.07, 6.45) is 0. The molecule has 0 spiro atoms. The molecule has 4 rings (SSSR count). The first-order valence-corrected chi connectivity index (χ1v) is 13.9. The molecule has 0 unspecified atom stereocenters. The van der Waals surface area contributed by atoms with Crippen LogP contribution in [0.2, 0.25) is 0 Å². The maximum Gasteiger partial charge on any atom is 0.295 e. The third kappa shape index (κ3) is 3.50. The third-order valence-electron chi connectivity index (χ3n) is 4.83. The zero-order valence-electron chi connectivity index (χ0n) is 15.2. The Balaban J connectivity index is 2.50. The lowest BCUT2D eigenvalue weighted by Gasteiger charge is -2.17. The van der Waals surface area contributed by atoms with Crippen LogP contribution in [0.3, 0.4) is 0 Å². The molecule has 0 aromatic heterocycles. The van der Waals surface area contributed by atoms with Crippen LogP contribution in [0, 0.1) is 0 Å². The second-order valence-electron chi connectivity index (χ2n) is 6.75. The van der Waals surface area contributed by atoms with E-state index in [2.05, 4.69) is 0 Å². The number of hydrogen-bond acceptors (Lipinski definition) is 8. The normalized spacial score (nSPS) is 14.0. The van der Waals surface area contributed by atoms with Gasteiger partial charge in [0, 0.05) is 21.5 Å². The van der Waals surface area contributed by atoms with E-state index in [0.29, 0.717) is 18.2 Å². The van der Waals surface area contributed by atoms with Gasteiger partial charge in [-0.25, -0.2) is 0 Å². The van der Waals surface area contributed by atoms with E-state index in [1.165, 1.54) is 0 Å². The summed E-state index contributed by atoms with van der Waals surface area (Å²) in [5.74, 6) is 0. The van der Waals surface area contributed by atoms with Gasteiger partial charge in [-0.2, -0.15) is 33.7 Å². The molecule has 0 amide bonds. The van der Waals surface area contributed by atoms with E-state index in [1.807, 2.05) is 0 Å². The van der Waals surface area contributed by atoms with Gasteiger partial charge >= 0.3 is 0 Å². The van der Waals surface area contributed by atoms with E-state index >= 15 is 0 Å². The molecule has 0 atom stereocenters. The zero-order chi connectivity index (χ0) is 24.0. The summed E-state index contributed by atoms with van der Waals surface area (Å²) in [6.45, 7) is 0. The molecule has 0 saturated carbocycles. The molecule has 12 nitrogen and oxygen atoms in total. The summed E-state index contributed by atoms with van der Waals surface area (Å²) in [5.41, 5.74) is 0. The van der Waals surface area contributed by atoms with Crippen LogP contribution in [0.1, 0.15) is 0 Å². The summed E-state index contributed by atoms with van der Waals surface area (Å²) < 4.78 is 133. The molecule has 4 aromatic carbocycles. The van der Waals surface area contributed by atoms with Gasteiger partial charge in [-0.15, -0.1) is 0 Å². The molecular weight excluding hydrogens is 512 g/mol. The zero-order valence-corrected chi connectivity index (χ0v) is 18.4. The minimum Gasteiger partial charge on any atom is -0.282 e. The first-order valence-electron chi connectivity index (χ1n) is 8.10. The summed E-state index contributed by atoms with van der Waals surface area (Å²) in [6, 6.07) is 4.83. The lowest BCUT2D eigenvalue weighted by atomic mass is 9.94. The minimum atomic E-state index is -5.19. The predicted molar refractivity (Wildman–Crippen MR) is 109 cm³/mol. The summed E-state index contributed by atoms with van der Waals surface area (Å²) in [4.78, 5) is -3.76. The maximum atomic E-state index is 12.0. The Morgan fingerprint density at radius 2 is 0.938 bits per heavy atom. The van der Waals surface area contributed by atoms with Gasteiger partial charge in [0.1, 0.15) is 14.7 Å². The highest BCUT2D eigenvalue weighted by Crippen LogP contribution is 2.43. The molecule has 0 aliphatic rings. The quantitative estimate of drug-likeness (QED) is 0.222. The Morgan fingerprint density at radius 1 is 0.469 bits per heavy atom. The van der Waals surface area contributed by atoms with Crippen molar-refractivity contribution in [2.75, 3.05) is 0 Å². The van der Waals surface area contributed by atoms with Crippen LogP contribution in [0.25, 0.3) is 32.3 Å². The molecule has 0 bridgehead atoms. The molecule has 0 aliphatic heterocycles. The highest BCUT2D eigenvalue weighted by Gasteiger charge is 2.29. The van der Waals surface area contributed by atoms with Crippen molar-refractivity contribution in [3.8, 4) is 0 Å². The van der Waals surface area contributed by atoms with Crippen LogP contribution in [0.4, 0.5) is 0 Å².